The lowest BCUT2D eigenvalue weighted by atomic mass is 9.86. The number of aliphatic hydroxyl groups excluding tert-OH is 1. The van der Waals surface area contributed by atoms with E-state index in [9.17, 15) is 0 Å². The Hall–Kier alpha value is -0.120. The van der Waals surface area contributed by atoms with Crippen molar-refractivity contribution in [3.8, 4) is 0 Å². The van der Waals surface area contributed by atoms with Gasteiger partial charge in [-0.05, 0) is 19.8 Å². The Morgan fingerprint density at radius 1 is 0.783 bits per heavy atom. The van der Waals surface area contributed by atoms with Gasteiger partial charge in [-0.15, -0.1) is 0 Å². The van der Waals surface area contributed by atoms with Gasteiger partial charge in [-0.1, -0.05) is 65.2 Å². The molecule has 0 unspecified atom stereocenters. The monoisotopic (exact) mass is 326 g/mol. The standard InChI is InChI=1S/C20H42N2O/c1-4-6-8-10-12-20(3,13-11-9-7-5-2)22-16-14-21(15-17-22)18-19-23/h23H,4-19H2,1-3H3. The first-order valence-electron chi connectivity index (χ1n) is 10.2. The van der Waals surface area contributed by atoms with Gasteiger partial charge in [0.15, 0.2) is 0 Å². The third kappa shape index (κ3) is 8.00. The van der Waals surface area contributed by atoms with Crippen molar-refractivity contribution in [2.24, 2.45) is 0 Å². The molecule has 1 rings (SSSR count). The average molecular weight is 327 g/mol. The van der Waals surface area contributed by atoms with Gasteiger partial charge < -0.3 is 5.11 Å². The van der Waals surface area contributed by atoms with Gasteiger partial charge >= 0.3 is 0 Å². The van der Waals surface area contributed by atoms with E-state index in [0.29, 0.717) is 12.1 Å². The number of hydrogen-bond acceptors (Lipinski definition) is 3. The van der Waals surface area contributed by atoms with Crippen LogP contribution in [0.3, 0.4) is 0 Å². The molecule has 0 amide bonds. The highest BCUT2D eigenvalue weighted by atomic mass is 16.3. The number of aliphatic hydroxyl groups is 1. The molecule has 3 heteroatoms. The van der Waals surface area contributed by atoms with Gasteiger partial charge in [0.2, 0.25) is 0 Å². The Labute approximate surface area is 145 Å². The molecule has 23 heavy (non-hydrogen) atoms. The molecule has 138 valence electrons. The van der Waals surface area contributed by atoms with Crippen LogP contribution in [0.25, 0.3) is 0 Å². The summed E-state index contributed by atoms with van der Waals surface area (Å²) in [5.41, 5.74) is 0.396. The molecule has 0 aromatic carbocycles. The molecule has 1 fully saturated rings. The van der Waals surface area contributed by atoms with Crippen molar-refractivity contribution in [3.63, 3.8) is 0 Å². The van der Waals surface area contributed by atoms with E-state index in [4.69, 9.17) is 5.11 Å². The SMILES string of the molecule is CCCCCCC(C)(CCCCCC)N1CCN(CCO)CC1. The fourth-order valence-corrected chi connectivity index (χ4v) is 3.96. The molecule has 1 aliphatic rings. The van der Waals surface area contributed by atoms with Crippen molar-refractivity contribution in [1.82, 2.24) is 9.80 Å². The fraction of sp³-hybridized carbons (Fsp3) is 1.00. The lowest BCUT2D eigenvalue weighted by Gasteiger charge is -2.46. The summed E-state index contributed by atoms with van der Waals surface area (Å²) in [6.07, 6.45) is 13.7. The number of hydrogen-bond donors (Lipinski definition) is 1. The van der Waals surface area contributed by atoms with E-state index in [1.807, 2.05) is 0 Å². The Morgan fingerprint density at radius 2 is 1.30 bits per heavy atom. The zero-order valence-electron chi connectivity index (χ0n) is 16.2. The predicted molar refractivity (Wildman–Crippen MR) is 101 cm³/mol. The lowest BCUT2D eigenvalue weighted by Crippen LogP contribution is -2.56. The second kappa shape index (κ2) is 12.3. The van der Waals surface area contributed by atoms with E-state index >= 15 is 0 Å². The summed E-state index contributed by atoms with van der Waals surface area (Å²) in [5.74, 6) is 0. The zero-order valence-corrected chi connectivity index (χ0v) is 16.2. The molecule has 0 saturated carbocycles. The van der Waals surface area contributed by atoms with Crippen LogP contribution in [0.4, 0.5) is 0 Å². The Morgan fingerprint density at radius 3 is 1.74 bits per heavy atom. The highest BCUT2D eigenvalue weighted by Gasteiger charge is 2.32. The van der Waals surface area contributed by atoms with E-state index in [1.165, 1.54) is 77.3 Å². The number of rotatable bonds is 13. The van der Waals surface area contributed by atoms with Crippen LogP contribution in [-0.2, 0) is 0 Å². The molecule has 0 aliphatic carbocycles. The smallest absolute Gasteiger partial charge is 0.0558 e. The summed E-state index contributed by atoms with van der Waals surface area (Å²) in [6, 6.07) is 0. The minimum absolute atomic E-state index is 0.297. The van der Waals surface area contributed by atoms with Gasteiger partial charge in [0, 0.05) is 38.3 Å². The summed E-state index contributed by atoms with van der Waals surface area (Å²) < 4.78 is 0. The highest BCUT2D eigenvalue weighted by molar-refractivity contribution is 4.89. The molecule has 1 saturated heterocycles. The summed E-state index contributed by atoms with van der Waals surface area (Å²) in [5, 5.41) is 9.12. The second-order valence-corrected chi connectivity index (χ2v) is 7.67. The molecule has 1 heterocycles. The first kappa shape index (κ1) is 20.9. The first-order chi connectivity index (χ1) is 11.2. The average Bonchev–Trinajstić information content (AvgIpc) is 2.57. The largest absolute Gasteiger partial charge is 0.395 e. The molecule has 0 aromatic heterocycles. The Bertz CT molecular complexity index is 263. The van der Waals surface area contributed by atoms with Crippen LogP contribution >= 0.6 is 0 Å². The van der Waals surface area contributed by atoms with Gasteiger partial charge in [-0.3, -0.25) is 9.80 Å². The maximum absolute atomic E-state index is 9.12. The van der Waals surface area contributed by atoms with Crippen LogP contribution in [0.2, 0.25) is 0 Å². The van der Waals surface area contributed by atoms with Crippen LogP contribution in [0, 0.1) is 0 Å². The quantitative estimate of drug-likeness (QED) is 0.511. The Balaban J connectivity index is 2.48. The van der Waals surface area contributed by atoms with E-state index in [1.54, 1.807) is 0 Å². The van der Waals surface area contributed by atoms with Crippen molar-refractivity contribution < 1.29 is 5.11 Å². The number of piperazine rings is 1. The van der Waals surface area contributed by atoms with Gasteiger partial charge in [-0.2, -0.15) is 0 Å². The molecule has 0 aromatic rings. The lowest BCUT2D eigenvalue weighted by molar-refractivity contribution is 0.0235. The van der Waals surface area contributed by atoms with Crippen molar-refractivity contribution >= 4 is 0 Å². The minimum atomic E-state index is 0.297. The Kier molecular flexibility index (Phi) is 11.2. The van der Waals surface area contributed by atoms with Gasteiger partial charge in [0.1, 0.15) is 0 Å². The predicted octanol–water partition coefficient (Wildman–Crippen LogP) is 4.30. The molecule has 0 bridgehead atoms. The summed E-state index contributed by atoms with van der Waals surface area (Å²) >= 11 is 0. The van der Waals surface area contributed by atoms with Crippen LogP contribution in [0.1, 0.15) is 85.0 Å². The van der Waals surface area contributed by atoms with Gasteiger partial charge in [0.25, 0.3) is 0 Å². The number of β-amino-alcohol motifs (C(OH)–C–C–N with tert-alkyl or cyclic N) is 1. The molecule has 3 nitrogen and oxygen atoms in total. The maximum Gasteiger partial charge on any atom is 0.0558 e. The van der Waals surface area contributed by atoms with Gasteiger partial charge in [-0.25, -0.2) is 0 Å². The van der Waals surface area contributed by atoms with E-state index in [-0.39, 0.29) is 0 Å². The normalized spacial score (nSPS) is 17.7. The highest BCUT2D eigenvalue weighted by Crippen LogP contribution is 2.30. The third-order valence-electron chi connectivity index (χ3n) is 5.69. The molecular weight excluding hydrogens is 284 g/mol. The third-order valence-corrected chi connectivity index (χ3v) is 5.69. The molecule has 1 N–H and O–H groups in total. The number of nitrogens with zero attached hydrogens (tertiary/aromatic N) is 2. The molecule has 0 spiro atoms. The van der Waals surface area contributed by atoms with Gasteiger partial charge in [0.05, 0.1) is 6.61 Å². The van der Waals surface area contributed by atoms with Crippen molar-refractivity contribution in [2.45, 2.75) is 90.5 Å². The molecule has 0 atom stereocenters. The first-order valence-corrected chi connectivity index (χ1v) is 10.2. The topological polar surface area (TPSA) is 26.7 Å². The fourth-order valence-electron chi connectivity index (χ4n) is 3.96. The number of unbranched alkanes of at least 4 members (excludes halogenated alkanes) is 6. The van der Waals surface area contributed by atoms with E-state index < -0.39 is 0 Å². The second-order valence-electron chi connectivity index (χ2n) is 7.67. The summed E-state index contributed by atoms with van der Waals surface area (Å²) in [4.78, 5) is 5.17. The minimum Gasteiger partial charge on any atom is -0.395 e. The molecular formula is C20H42N2O. The van der Waals surface area contributed by atoms with Crippen LogP contribution in [0.5, 0.6) is 0 Å². The van der Waals surface area contributed by atoms with Crippen molar-refractivity contribution in [1.29, 1.82) is 0 Å². The van der Waals surface area contributed by atoms with Crippen LogP contribution in [-0.4, -0.2) is 59.8 Å². The maximum atomic E-state index is 9.12. The summed E-state index contributed by atoms with van der Waals surface area (Å²) in [6.45, 7) is 12.9. The zero-order chi connectivity index (χ0) is 17.0. The van der Waals surface area contributed by atoms with Crippen LogP contribution in [0.15, 0.2) is 0 Å². The van der Waals surface area contributed by atoms with Crippen molar-refractivity contribution in [2.75, 3.05) is 39.3 Å². The summed E-state index contributed by atoms with van der Waals surface area (Å²) in [7, 11) is 0. The van der Waals surface area contributed by atoms with Crippen LogP contribution < -0.4 is 0 Å². The van der Waals surface area contributed by atoms with Crippen molar-refractivity contribution in [3.05, 3.63) is 0 Å². The van der Waals surface area contributed by atoms with E-state index in [2.05, 4.69) is 30.6 Å². The molecule has 0 radical (unpaired) electrons. The molecule has 1 aliphatic heterocycles. The van der Waals surface area contributed by atoms with E-state index in [0.717, 1.165) is 19.6 Å².